The summed E-state index contributed by atoms with van der Waals surface area (Å²) in [6, 6.07) is 16.0. The van der Waals surface area contributed by atoms with Crippen LogP contribution in [-0.2, 0) is 4.79 Å². The van der Waals surface area contributed by atoms with Gasteiger partial charge in [-0.15, -0.1) is 0 Å². The molecule has 130 valence electrons. The second-order valence-corrected chi connectivity index (χ2v) is 6.68. The molecule has 0 radical (unpaired) electrons. The van der Waals surface area contributed by atoms with Crippen LogP contribution in [0.25, 0.3) is 0 Å². The summed E-state index contributed by atoms with van der Waals surface area (Å²) in [4.78, 5) is 24.2. The first kappa shape index (κ1) is 17.2. The second-order valence-electron chi connectivity index (χ2n) is 6.68. The Labute approximate surface area is 148 Å². The summed E-state index contributed by atoms with van der Waals surface area (Å²) in [6.07, 6.45) is 6.34. The third-order valence-corrected chi connectivity index (χ3v) is 4.94. The van der Waals surface area contributed by atoms with Gasteiger partial charge in [-0.25, -0.2) is 0 Å². The minimum absolute atomic E-state index is 0.289. The third kappa shape index (κ3) is 4.27. The van der Waals surface area contributed by atoms with Crippen LogP contribution in [0.2, 0.25) is 0 Å². The Hall–Kier alpha value is -2.62. The van der Waals surface area contributed by atoms with E-state index in [0.717, 1.165) is 0 Å². The molecule has 1 unspecified atom stereocenters. The van der Waals surface area contributed by atoms with E-state index in [1.54, 1.807) is 12.1 Å². The molecule has 2 amide bonds. The number of rotatable bonds is 5. The van der Waals surface area contributed by atoms with Crippen molar-refractivity contribution in [2.45, 2.75) is 44.1 Å². The van der Waals surface area contributed by atoms with E-state index in [1.807, 2.05) is 42.5 Å². The van der Waals surface area contributed by atoms with Crippen LogP contribution in [0.15, 0.2) is 54.6 Å². The molecule has 2 aromatic carbocycles. The van der Waals surface area contributed by atoms with E-state index < -0.39 is 11.9 Å². The Kier molecular flexibility index (Phi) is 5.49. The van der Waals surface area contributed by atoms with E-state index in [4.69, 9.17) is 5.73 Å². The van der Waals surface area contributed by atoms with E-state index in [9.17, 15) is 9.59 Å². The van der Waals surface area contributed by atoms with Crippen LogP contribution in [-0.4, -0.2) is 11.8 Å². The zero-order valence-electron chi connectivity index (χ0n) is 14.3. The van der Waals surface area contributed by atoms with Crippen LogP contribution in [0, 0.1) is 0 Å². The number of hydrogen-bond donors (Lipinski definition) is 2. The quantitative estimate of drug-likeness (QED) is 0.874. The molecule has 25 heavy (non-hydrogen) atoms. The summed E-state index contributed by atoms with van der Waals surface area (Å²) in [7, 11) is 0. The van der Waals surface area contributed by atoms with E-state index in [-0.39, 0.29) is 5.91 Å². The Balaban J connectivity index is 1.70. The first-order valence-electron chi connectivity index (χ1n) is 8.90. The lowest BCUT2D eigenvalue weighted by atomic mass is 9.84. The van der Waals surface area contributed by atoms with Crippen LogP contribution in [0.4, 0.5) is 0 Å². The molecule has 2 aromatic rings. The van der Waals surface area contributed by atoms with Crippen molar-refractivity contribution >= 4 is 11.8 Å². The highest BCUT2D eigenvalue weighted by molar-refractivity contribution is 5.97. The molecule has 0 aromatic heterocycles. The average Bonchev–Trinajstić information content (AvgIpc) is 2.67. The fraction of sp³-hybridized carbons (Fsp3) is 0.333. The Bertz CT molecular complexity index is 719. The van der Waals surface area contributed by atoms with Gasteiger partial charge in [-0.05, 0) is 42.0 Å². The molecule has 1 aliphatic carbocycles. The van der Waals surface area contributed by atoms with Gasteiger partial charge >= 0.3 is 0 Å². The predicted molar refractivity (Wildman–Crippen MR) is 98.1 cm³/mol. The highest BCUT2D eigenvalue weighted by Gasteiger charge is 2.21. The van der Waals surface area contributed by atoms with Gasteiger partial charge in [-0.3, -0.25) is 9.59 Å². The maximum absolute atomic E-state index is 12.5. The number of primary amides is 1. The Morgan fingerprint density at radius 3 is 2.16 bits per heavy atom. The highest BCUT2D eigenvalue weighted by atomic mass is 16.2. The van der Waals surface area contributed by atoms with Gasteiger partial charge in [0.2, 0.25) is 5.91 Å². The SMILES string of the molecule is NC(=O)C(NC(=O)c1ccc(C2CCCCC2)cc1)c1ccccc1. The minimum atomic E-state index is -0.827. The molecule has 3 rings (SSSR count). The number of carbonyl (C=O) groups is 2. The smallest absolute Gasteiger partial charge is 0.252 e. The number of nitrogens with two attached hydrogens (primary N) is 1. The van der Waals surface area contributed by atoms with Crippen molar-refractivity contribution in [1.82, 2.24) is 5.32 Å². The van der Waals surface area contributed by atoms with Crippen molar-refractivity contribution in [2.75, 3.05) is 0 Å². The lowest BCUT2D eigenvalue weighted by Gasteiger charge is -2.22. The third-order valence-electron chi connectivity index (χ3n) is 4.94. The van der Waals surface area contributed by atoms with Crippen LogP contribution < -0.4 is 11.1 Å². The van der Waals surface area contributed by atoms with E-state index in [0.29, 0.717) is 17.0 Å². The van der Waals surface area contributed by atoms with Gasteiger partial charge in [0.05, 0.1) is 0 Å². The van der Waals surface area contributed by atoms with Gasteiger partial charge in [0, 0.05) is 5.56 Å². The molecule has 0 aliphatic heterocycles. The number of amides is 2. The zero-order valence-corrected chi connectivity index (χ0v) is 14.3. The Morgan fingerprint density at radius 2 is 1.56 bits per heavy atom. The molecule has 1 atom stereocenters. The molecule has 1 aliphatic rings. The van der Waals surface area contributed by atoms with Gasteiger partial charge in [0.25, 0.3) is 5.91 Å². The van der Waals surface area contributed by atoms with Crippen molar-refractivity contribution in [2.24, 2.45) is 5.73 Å². The maximum atomic E-state index is 12.5. The molecule has 1 fully saturated rings. The van der Waals surface area contributed by atoms with Crippen LogP contribution >= 0.6 is 0 Å². The van der Waals surface area contributed by atoms with Gasteiger partial charge in [-0.1, -0.05) is 61.7 Å². The van der Waals surface area contributed by atoms with Gasteiger partial charge < -0.3 is 11.1 Å². The summed E-state index contributed by atoms with van der Waals surface area (Å²) in [6.45, 7) is 0. The summed E-state index contributed by atoms with van der Waals surface area (Å²) in [5, 5.41) is 2.73. The first-order chi connectivity index (χ1) is 12.1. The van der Waals surface area contributed by atoms with E-state index in [1.165, 1.54) is 37.7 Å². The number of carbonyl (C=O) groups excluding carboxylic acids is 2. The van der Waals surface area contributed by atoms with Crippen LogP contribution in [0.5, 0.6) is 0 Å². The molecular formula is C21H24N2O2. The molecule has 0 heterocycles. The lowest BCUT2D eigenvalue weighted by molar-refractivity contribution is -0.120. The van der Waals surface area contributed by atoms with Crippen molar-refractivity contribution < 1.29 is 9.59 Å². The molecule has 3 N–H and O–H groups in total. The highest BCUT2D eigenvalue weighted by Crippen LogP contribution is 2.32. The number of benzene rings is 2. The molecule has 0 saturated heterocycles. The van der Waals surface area contributed by atoms with Crippen LogP contribution in [0.1, 0.15) is 65.5 Å². The fourth-order valence-corrected chi connectivity index (χ4v) is 3.52. The molecule has 0 bridgehead atoms. The van der Waals surface area contributed by atoms with E-state index >= 15 is 0 Å². The molecule has 1 saturated carbocycles. The Morgan fingerprint density at radius 1 is 0.920 bits per heavy atom. The number of hydrogen-bond acceptors (Lipinski definition) is 2. The second kappa shape index (κ2) is 7.97. The molecule has 4 heteroatoms. The zero-order chi connectivity index (χ0) is 17.6. The van der Waals surface area contributed by atoms with Crippen molar-refractivity contribution in [3.8, 4) is 0 Å². The van der Waals surface area contributed by atoms with Crippen molar-refractivity contribution in [3.63, 3.8) is 0 Å². The first-order valence-corrected chi connectivity index (χ1v) is 8.90. The summed E-state index contributed by atoms with van der Waals surface area (Å²) in [5.41, 5.74) is 7.99. The maximum Gasteiger partial charge on any atom is 0.252 e. The summed E-state index contributed by atoms with van der Waals surface area (Å²) < 4.78 is 0. The predicted octanol–water partition coefficient (Wildman–Crippen LogP) is 3.69. The van der Waals surface area contributed by atoms with E-state index in [2.05, 4.69) is 5.32 Å². The van der Waals surface area contributed by atoms with Gasteiger partial charge in [0.15, 0.2) is 0 Å². The molecular weight excluding hydrogens is 312 g/mol. The van der Waals surface area contributed by atoms with Crippen molar-refractivity contribution in [3.05, 3.63) is 71.3 Å². The topological polar surface area (TPSA) is 72.2 Å². The largest absolute Gasteiger partial charge is 0.368 e. The van der Waals surface area contributed by atoms with Crippen LogP contribution in [0.3, 0.4) is 0 Å². The fourth-order valence-electron chi connectivity index (χ4n) is 3.52. The summed E-state index contributed by atoms with van der Waals surface area (Å²) in [5.74, 6) is -0.255. The monoisotopic (exact) mass is 336 g/mol. The van der Waals surface area contributed by atoms with Gasteiger partial charge in [-0.2, -0.15) is 0 Å². The molecule has 0 spiro atoms. The normalized spacial score (nSPS) is 16.2. The lowest BCUT2D eigenvalue weighted by Crippen LogP contribution is -2.37. The number of nitrogens with one attached hydrogen (secondary N) is 1. The minimum Gasteiger partial charge on any atom is -0.368 e. The van der Waals surface area contributed by atoms with Gasteiger partial charge in [0.1, 0.15) is 6.04 Å². The van der Waals surface area contributed by atoms with Crippen molar-refractivity contribution in [1.29, 1.82) is 0 Å². The molecule has 4 nitrogen and oxygen atoms in total. The average molecular weight is 336 g/mol. The summed E-state index contributed by atoms with van der Waals surface area (Å²) >= 11 is 0. The standard InChI is InChI=1S/C21H24N2O2/c22-20(24)19(17-9-5-2-6-10-17)23-21(25)18-13-11-16(12-14-18)15-7-3-1-4-8-15/h2,5-6,9-15,19H,1,3-4,7-8H2,(H2,22,24)(H,23,25).